The molecule has 9 heteroatoms. The van der Waals surface area contributed by atoms with Gasteiger partial charge in [-0.25, -0.2) is 9.78 Å². The number of H-pyrrole nitrogens is 1. The second-order valence-electron chi connectivity index (χ2n) is 11.1. The molecule has 1 N–H and O–H groups in total. The number of aromatic amines is 1. The first-order chi connectivity index (χ1) is 20.0. The highest BCUT2D eigenvalue weighted by atomic mass is 32.1. The molecule has 1 saturated carbocycles. The summed E-state index contributed by atoms with van der Waals surface area (Å²) in [6, 6.07) is 15.9. The first-order valence-corrected chi connectivity index (χ1v) is 15.1. The molecule has 1 saturated heterocycles. The number of nitrogens with one attached hydrogen (secondary N) is 1. The van der Waals surface area contributed by atoms with Crippen molar-refractivity contribution in [1.29, 1.82) is 0 Å². The second-order valence-corrected chi connectivity index (χ2v) is 11.6. The third-order valence-corrected chi connectivity index (χ3v) is 8.51. The fourth-order valence-electron chi connectivity index (χ4n) is 5.70. The van der Waals surface area contributed by atoms with Crippen molar-refractivity contribution in [1.82, 2.24) is 24.6 Å². The van der Waals surface area contributed by atoms with Crippen LogP contribution in [0.3, 0.4) is 0 Å². The van der Waals surface area contributed by atoms with Gasteiger partial charge in [0.05, 0.1) is 17.2 Å². The molecule has 212 valence electrons. The van der Waals surface area contributed by atoms with Gasteiger partial charge in [0.1, 0.15) is 5.82 Å². The maximum Gasteiger partial charge on any atom is 0.439 e. The van der Waals surface area contributed by atoms with Crippen LogP contribution in [0.15, 0.2) is 62.6 Å². The lowest BCUT2D eigenvalue weighted by molar-refractivity contribution is 0.388. The number of nitrogens with zero attached hydrogens (tertiary/aromatic N) is 4. The van der Waals surface area contributed by atoms with E-state index in [-0.39, 0.29) is 5.56 Å². The highest BCUT2D eigenvalue weighted by molar-refractivity contribution is 7.80. The lowest BCUT2D eigenvalue weighted by Crippen LogP contribution is -2.35. The predicted octanol–water partition coefficient (Wildman–Crippen LogP) is 5.49. The summed E-state index contributed by atoms with van der Waals surface area (Å²) in [5, 5.41) is 3.87. The zero-order chi connectivity index (χ0) is 28.3. The molecule has 0 amide bonds. The number of unbranched alkanes of at least 4 members (excludes halogenated alkanes) is 1. The Labute approximate surface area is 244 Å². The normalized spacial score (nSPS) is 15.0. The second kappa shape index (κ2) is 11.9. The summed E-state index contributed by atoms with van der Waals surface area (Å²) in [6.45, 7) is 4.59. The summed E-state index contributed by atoms with van der Waals surface area (Å²) in [7, 11) is 0. The van der Waals surface area contributed by atoms with Gasteiger partial charge in [-0.2, -0.15) is 0 Å². The topological polar surface area (TPSA) is 97.0 Å². The molecule has 2 aromatic heterocycles. The largest absolute Gasteiger partial charge is 0.439 e. The summed E-state index contributed by atoms with van der Waals surface area (Å²) in [6.07, 6.45) is 7.82. The van der Waals surface area contributed by atoms with Gasteiger partial charge in [-0.1, -0.05) is 79.3 Å². The highest BCUT2D eigenvalue weighted by Crippen LogP contribution is 2.40. The monoisotopic (exact) mass is 569 g/mol. The van der Waals surface area contributed by atoms with Crippen LogP contribution in [0.1, 0.15) is 74.0 Å². The van der Waals surface area contributed by atoms with E-state index in [1.807, 2.05) is 41.0 Å². The lowest BCUT2D eigenvalue weighted by atomic mass is 9.98. The smallest absolute Gasteiger partial charge is 0.366 e. The number of hydrogen-bond donors (Lipinski definition) is 1. The fourth-order valence-corrected chi connectivity index (χ4v) is 6.02. The molecule has 3 heterocycles. The quantitative estimate of drug-likeness (QED) is 0.252. The Kier molecular flexibility index (Phi) is 7.96. The molecule has 0 bridgehead atoms. The minimum Gasteiger partial charge on any atom is -0.366 e. The van der Waals surface area contributed by atoms with E-state index in [2.05, 4.69) is 34.1 Å². The minimum atomic E-state index is -0.587. The van der Waals surface area contributed by atoms with Crippen LogP contribution in [-0.2, 0) is 19.4 Å². The SMILES string of the molecule is CCCCc1nc(C2CC2)c(CC(=S)N2CCCC2)c(=O)n1Cc1ccc(-c2ccccc2-c2noc(=O)[nH]2)cc1. The Bertz CT molecular complexity index is 1660. The van der Waals surface area contributed by atoms with E-state index in [1.54, 1.807) is 0 Å². The van der Waals surface area contributed by atoms with Crippen molar-refractivity contribution in [2.45, 2.75) is 70.8 Å². The van der Waals surface area contributed by atoms with E-state index in [0.29, 0.717) is 24.7 Å². The van der Waals surface area contributed by atoms with Gasteiger partial charge in [0, 0.05) is 43.0 Å². The van der Waals surface area contributed by atoms with Crippen molar-refractivity contribution in [3.05, 3.63) is 92.1 Å². The van der Waals surface area contributed by atoms with Crippen LogP contribution in [-0.4, -0.2) is 42.7 Å². The summed E-state index contributed by atoms with van der Waals surface area (Å²) in [5.74, 6) is 1.06. The Morgan fingerprint density at radius 3 is 2.44 bits per heavy atom. The summed E-state index contributed by atoms with van der Waals surface area (Å²) >= 11 is 5.83. The summed E-state index contributed by atoms with van der Waals surface area (Å²) in [5.41, 5.74) is 5.54. The van der Waals surface area contributed by atoms with Crippen LogP contribution < -0.4 is 11.3 Å². The molecule has 2 aliphatic rings. The molecule has 0 unspecified atom stereocenters. The molecule has 6 rings (SSSR count). The summed E-state index contributed by atoms with van der Waals surface area (Å²) < 4.78 is 6.61. The average Bonchev–Trinajstić information content (AvgIpc) is 3.49. The van der Waals surface area contributed by atoms with Crippen molar-refractivity contribution in [2.75, 3.05) is 13.1 Å². The Morgan fingerprint density at radius 2 is 1.78 bits per heavy atom. The number of aromatic nitrogens is 4. The van der Waals surface area contributed by atoms with E-state index in [0.717, 1.165) is 102 Å². The van der Waals surface area contributed by atoms with Crippen LogP contribution in [0.4, 0.5) is 0 Å². The Hall–Kier alpha value is -3.85. The molecule has 0 atom stereocenters. The number of likely N-dealkylation sites (tertiary alicyclic amines) is 1. The zero-order valence-corrected chi connectivity index (χ0v) is 24.2. The molecular formula is C32H35N5O3S. The van der Waals surface area contributed by atoms with Gasteiger partial charge in [-0.05, 0) is 48.8 Å². The number of thiocarbonyl (C=S) groups is 1. The van der Waals surface area contributed by atoms with Crippen LogP contribution in [0, 0.1) is 0 Å². The van der Waals surface area contributed by atoms with Crippen molar-refractivity contribution < 1.29 is 4.52 Å². The zero-order valence-electron chi connectivity index (χ0n) is 23.4. The molecule has 0 spiro atoms. The number of rotatable bonds is 10. The maximum atomic E-state index is 14.2. The molecule has 1 aliphatic carbocycles. The third kappa shape index (κ3) is 5.95. The molecule has 2 aromatic carbocycles. The van der Waals surface area contributed by atoms with Gasteiger partial charge in [-0.15, -0.1) is 0 Å². The minimum absolute atomic E-state index is 0.0546. The molecular weight excluding hydrogens is 534 g/mol. The van der Waals surface area contributed by atoms with E-state index in [4.69, 9.17) is 21.7 Å². The van der Waals surface area contributed by atoms with Gasteiger partial charge in [0.25, 0.3) is 5.56 Å². The number of hydrogen-bond acceptors (Lipinski definition) is 6. The van der Waals surface area contributed by atoms with Crippen molar-refractivity contribution >= 4 is 17.2 Å². The highest BCUT2D eigenvalue weighted by Gasteiger charge is 2.31. The fraction of sp³-hybridized carbons (Fsp3) is 0.406. The third-order valence-electron chi connectivity index (χ3n) is 8.11. The molecule has 2 fully saturated rings. The summed E-state index contributed by atoms with van der Waals surface area (Å²) in [4.78, 5) is 36.6. The van der Waals surface area contributed by atoms with Crippen molar-refractivity contribution in [2.24, 2.45) is 0 Å². The van der Waals surface area contributed by atoms with Crippen molar-refractivity contribution in [3.8, 4) is 22.5 Å². The van der Waals surface area contributed by atoms with Gasteiger partial charge < -0.3 is 4.90 Å². The maximum absolute atomic E-state index is 14.2. The molecule has 8 nitrogen and oxygen atoms in total. The predicted molar refractivity (Wildman–Crippen MR) is 163 cm³/mol. The van der Waals surface area contributed by atoms with Crippen molar-refractivity contribution in [3.63, 3.8) is 0 Å². The lowest BCUT2D eigenvalue weighted by Gasteiger charge is -2.21. The van der Waals surface area contributed by atoms with Gasteiger partial charge >= 0.3 is 5.76 Å². The van der Waals surface area contributed by atoms with Gasteiger partial charge in [0.15, 0.2) is 5.82 Å². The number of benzene rings is 2. The van der Waals surface area contributed by atoms with Crippen LogP contribution >= 0.6 is 12.2 Å². The van der Waals surface area contributed by atoms with E-state index in [1.165, 1.54) is 0 Å². The molecule has 0 radical (unpaired) electrons. The molecule has 1 aliphatic heterocycles. The van der Waals surface area contributed by atoms with Gasteiger partial charge in [-0.3, -0.25) is 18.9 Å². The standard InChI is InChI=1S/C32H35N5O3S/c1-2-3-10-27-33-29(23-15-16-23)26(19-28(41)36-17-6-7-18-36)31(38)37(27)20-21-11-13-22(14-12-21)24-8-4-5-9-25(24)30-34-32(39)40-35-30/h4-5,8-9,11-14,23H,2-3,6-7,10,15-20H2,1H3,(H,34,35,39). The average molecular weight is 570 g/mol. The van der Waals surface area contributed by atoms with E-state index < -0.39 is 5.76 Å². The van der Waals surface area contributed by atoms with E-state index >= 15 is 0 Å². The first-order valence-electron chi connectivity index (χ1n) is 14.7. The Morgan fingerprint density at radius 1 is 1.05 bits per heavy atom. The van der Waals surface area contributed by atoms with Crippen LogP contribution in [0.25, 0.3) is 22.5 Å². The number of aryl methyl sites for hydroxylation is 1. The molecule has 4 aromatic rings. The Balaban J connectivity index is 1.33. The van der Waals surface area contributed by atoms with E-state index in [9.17, 15) is 9.59 Å². The molecule has 41 heavy (non-hydrogen) atoms. The first kappa shape index (κ1) is 27.3. The van der Waals surface area contributed by atoms with Crippen LogP contribution in [0.5, 0.6) is 0 Å². The van der Waals surface area contributed by atoms with Gasteiger partial charge in [0.2, 0.25) is 0 Å². The van der Waals surface area contributed by atoms with Crippen LogP contribution in [0.2, 0.25) is 0 Å².